The molecule has 0 spiro atoms. The normalized spacial score (nSPS) is 13.0. The lowest BCUT2D eigenvalue weighted by Crippen LogP contribution is -2.56. The minimum atomic E-state index is -1.81. The third-order valence-corrected chi connectivity index (χ3v) is 10.2. The molecule has 0 fully saturated rings. The van der Waals surface area contributed by atoms with Gasteiger partial charge >= 0.3 is 11.9 Å². The molecule has 3 rings (SSSR count). The molecule has 0 saturated heterocycles. The second kappa shape index (κ2) is 26.4. The molecular formula is C41H55N12O14S+. The first-order valence-corrected chi connectivity index (χ1v) is 21.3. The molecule has 2 aromatic carbocycles. The van der Waals surface area contributed by atoms with E-state index in [9.17, 15) is 63.3 Å². The van der Waals surface area contributed by atoms with Gasteiger partial charge in [-0.05, 0) is 31.4 Å². The van der Waals surface area contributed by atoms with E-state index in [-0.39, 0.29) is 61.3 Å². The molecule has 1 heterocycles. The number of hydrogen-bond donors (Lipinski definition) is 14. The first kappa shape index (κ1) is 54.5. The van der Waals surface area contributed by atoms with Crippen LogP contribution in [0.4, 0.5) is 11.4 Å². The number of aliphatic imine (C=N–C) groups is 1. The number of aliphatic carboxylic acids is 2. The number of thiol groups is 1. The lowest BCUT2D eigenvalue weighted by Gasteiger charge is -2.29. The number of carbonyl (C=O) groups is 8. The Morgan fingerprint density at radius 2 is 1.38 bits per heavy atom. The summed E-state index contributed by atoms with van der Waals surface area (Å²) < 4.78 is 1.81. The zero-order valence-corrected chi connectivity index (χ0v) is 37.8. The highest BCUT2D eigenvalue weighted by atomic mass is 32.1. The van der Waals surface area contributed by atoms with Gasteiger partial charge in [-0.2, -0.15) is 12.6 Å². The zero-order valence-electron chi connectivity index (χ0n) is 36.9. The number of carboxylic acids is 2. The number of nitrogens with one attached hydrogen (secondary N) is 7. The standard InChI is InChI=1S/C41H54N12O14S/c1-21(47-39(65)27(20-68)50-32-33(35(61)34(32)60)53(17-22-9-12-52(2)13-10-22)18-23-6-3-4-8-28(23)55)36(62)45-15-29(56)48-24(7-5-11-44-41(42)43)37(63)46-16-30(57)49-25(14-31(58)59)38(64)51-26(19-54)40(66)67/h3-4,6,8-10,12-13,21,24-27,50,54H,5,7,11,14-20H2,1-2H3,(H13-,42,43,44,45,46,47,48,49,51,55,56,57,58,59,62,63,64,65,66,67,68)/p+1/t21-,24-,25-,26-,27-/m0/s1. The molecule has 6 amide bonds. The number of benzene rings is 1. The number of guanidine groups is 1. The number of para-hydroxylation sites is 1. The van der Waals surface area contributed by atoms with Crippen molar-refractivity contribution >= 4 is 77.3 Å². The van der Waals surface area contributed by atoms with Crippen molar-refractivity contribution in [1.82, 2.24) is 31.9 Å². The van der Waals surface area contributed by atoms with Crippen molar-refractivity contribution in [3.05, 3.63) is 80.4 Å². The number of nitrogens with two attached hydrogens (primary N) is 2. The predicted molar refractivity (Wildman–Crippen MR) is 245 cm³/mol. The van der Waals surface area contributed by atoms with E-state index in [1.807, 2.05) is 34.4 Å². The van der Waals surface area contributed by atoms with Crippen LogP contribution in [0.1, 0.15) is 37.3 Å². The molecule has 0 saturated carbocycles. The van der Waals surface area contributed by atoms with Crippen molar-refractivity contribution in [2.75, 3.05) is 42.2 Å². The van der Waals surface area contributed by atoms with Crippen LogP contribution in [0.5, 0.6) is 5.75 Å². The molecule has 0 aliphatic heterocycles. The first-order valence-electron chi connectivity index (χ1n) is 20.7. The Kier molecular flexibility index (Phi) is 21.1. The largest absolute Gasteiger partial charge is 0.508 e. The Morgan fingerprint density at radius 3 is 1.96 bits per heavy atom. The maximum atomic E-state index is 13.4. The Bertz CT molecular complexity index is 2410. The van der Waals surface area contributed by atoms with Gasteiger partial charge in [0.1, 0.15) is 54.4 Å². The van der Waals surface area contributed by atoms with Crippen LogP contribution in [-0.4, -0.2) is 136 Å². The second-order valence-corrected chi connectivity index (χ2v) is 15.5. The topological polar surface area (TPSA) is 407 Å². The number of aliphatic hydroxyl groups is 1. The van der Waals surface area contributed by atoms with Crippen LogP contribution < -0.4 is 69.0 Å². The van der Waals surface area contributed by atoms with Crippen LogP contribution >= 0.6 is 12.6 Å². The van der Waals surface area contributed by atoms with Gasteiger partial charge in [0.05, 0.1) is 26.1 Å². The molecule has 1 aromatic heterocycles. The van der Waals surface area contributed by atoms with Crippen LogP contribution in [0, 0.1) is 0 Å². The molecule has 15 N–H and O–H groups in total. The van der Waals surface area contributed by atoms with E-state index in [1.165, 1.54) is 13.0 Å². The lowest BCUT2D eigenvalue weighted by molar-refractivity contribution is -0.671. The van der Waals surface area contributed by atoms with Gasteiger partial charge in [0, 0.05) is 43.1 Å². The molecule has 5 atom stereocenters. The fraction of sp³-hybridized carbons (Fsp3) is 0.415. The Labute approximate surface area is 393 Å². The molecule has 0 aliphatic carbocycles. The maximum absolute atomic E-state index is 13.4. The Balaban J connectivity index is 1.64. The number of phenols is 1. The molecule has 68 heavy (non-hydrogen) atoms. The van der Waals surface area contributed by atoms with E-state index < -0.39 is 115 Å². The monoisotopic (exact) mass is 971 g/mol. The lowest BCUT2D eigenvalue weighted by atomic mass is 10.1. The van der Waals surface area contributed by atoms with Crippen molar-refractivity contribution in [1.29, 1.82) is 0 Å². The summed E-state index contributed by atoms with van der Waals surface area (Å²) in [7, 11) is 1.83. The van der Waals surface area contributed by atoms with Gasteiger partial charge in [-0.15, -0.1) is 0 Å². The second-order valence-electron chi connectivity index (χ2n) is 15.2. The Hall–Kier alpha value is -7.81. The van der Waals surface area contributed by atoms with Crippen LogP contribution in [0.25, 0.3) is 0 Å². The number of aryl methyl sites for hydroxylation is 1. The summed E-state index contributed by atoms with van der Waals surface area (Å²) in [5.74, 6) is -9.54. The van der Waals surface area contributed by atoms with E-state index in [4.69, 9.17) is 16.6 Å². The number of phenolic OH excluding ortho intramolecular Hbond substituents is 1. The summed E-state index contributed by atoms with van der Waals surface area (Å²) in [6.07, 6.45) is 2.60. The fourth-order valence-electron chi connectivity index (χ4n) is 6.20. The molecule has 3 aromatic rings. The number of aromatic hydroxyl groups is 1. The first-order chi connectivity index (χ1) is 32.1. The molecule has 0 bridgehead atoms. The van der Waals surface area contributed by atoms with Gasteiger partial charge in [-0.1, -0.05) is 18.2 Å². The molecule has 26 nitrogen and oxygen atoms in total. The number of pyridine rings is 1. The summed E-state index contributed by atoms with van der Waals surface area (Å²) in [5, 5.41) is 54.0. The summed E-state index contributed by atoms with van der Waals surface area (Å²) in [5.41, 5.74) is 9.99. The summed E-state index contributed by atoms with van der Waals surface area (Å²) in [6, 6.07) is 2.56. The van der Waals surface area contributed by atoms with Crippen molar-refractivity contribution in [2.45, 2.75) is 69.5 Å². The highest BCUT2D eigenvalue weighted by Crippen LogP contribution is 2.28. The van der Waals surface area contributed by atoms with Gasteiger partial charge in [0.25, 0.3) is 10.9 Å². The van der Waals surface area contributed by atoms with Crippen LogP contribution in [0.2, 0.25) is 0 Å². The maximum Gasteiger partial charge on any atom is 0.328 e. The third kappa shape index (κ3) is 16.9. The van der Waals surface area contributed by atoms with Crippen LogP contribution in [0.3, 0.4) is 0 Å². The van der Waals surface area contributed by atoms with Crippen molar-refractivity contribution in [3.8, 4) is 5.75 Å². The molecular weight excluding hydrogens is 917 g/mol. The van der Waals surface area contributed by atoms with E-state index in [0.717, 1.165) is 5.56 Å². The molecule has 27 heteroatoms. The number of rotatable bonds is 28. The highest BCUT2D eigenvalue weighted by molar-refractivity contribution is 7.80. The summed E-state index contributed by atoms with van der Waals surface area (Å²) in [4.78, 5) is 132. The van der Waals surface area contributed by atoms with E-state index in [0.29, 0.717) is 5.56 Å². The molecule has 368 valence electrons. The Morgan fingerprint density at radius 1 is 0.779 bits per heavy atom. The molecule has 0 unspecified atom stereocenters. The van der Waals surface area contributed by atoms with Gasteiger partial charge in [-0.3, -0.25) is 48.1 Å². The number of aromatic nitrogens is 1. The molecule has 0 radical (unpaired) electrons. The average molecular weight is 972 g/mol. The SMILES string of the molecule is C[C@H](NC(=O)[C@H](CS)Nc1c(N(Cc2cc[n+](C)cc2)Cc2ccccc2O)c(=O)c1=O)C(=O)NCC(=O)N[C@@H](CCCN=C(N)N)C(=O)NCC(=O)N[C@@H](CC(=O)O)C(=O)N[C@@H](CO)C(=O)O. The van der Waals surface area contributed by atoms with E-state index in [1.54, 1.807) is 35.5 Å². The minimum Gasteiger partial charge on any atom is -0.508 e. The van der Waals surface area contributed by atoms with Gasteiger partial charge < -0.3 is 74.0 Å². The van der Waals surface area contributed by atoms with E-state index >= 15 is 0 Å². The van der Waals surface area contributed by atoms with Crippen molar-refractivity contribution < 1.29 is 63.3 Å². The number of anilines is 2. The fourth-order valence-corrected chi connectivity index (χ4v) is 6.46. The number of nitrogens with zero attached hydrogens (tertiary/aromatic N) is 3. The predicted octanol–water partition coefficient (Wildman–Crippen LogP) is -5.47. The number of aliphatic hydroxyl groups excluding tert-OH is 1. The summed E-state index contributed by atoms with van der Waals surface area (Å²) in [6.45, 7) is -1.15. The zero-order chi connectivity index (χ0) is 50.7. The number of carbonyl (C=O) groups excluding carboxylic acids is 6. The number of carboxylic acid groups (broad SMARTS) is 2. The van der Waals surface area contributed by atoms with Crippen molar-refractivity contribution in [2.24, 2.45) is 23.5 Å². The minimum absolute atomic E-state index is 0.0144. The average Bonchev–Trinajstić information content (AvgIpc) is 3.29. The molecule has 0 aliphatic rings. The van der Waals surface area contributed by atoms with Crippen molar-refractivity contribution in [3.63, 3.8) is 0 Å². The quantitative estimate of drug-likeness (QED) is 0.00806. The van der Waals surface area contributed by atoms with Gasteiger partial charge in [-0.25, -0.2) is 9.36 Å². The number of amides is 6. The smallest absolute Gasteiger partial charge is 0.328 e. The van der Waals surface area contributed by atoms with Crippen LogP contribution in [0.15, 0.2) is 63.4 Å². The highest BCUT2D eigenvalue weighted by Gasteiger charge is 2.32. The summed E-state index contributed by atoms with van der Waals surface area (Å²) >= 11 is 4.24. The third-order valence-electron chi connectivity index (χ3n) is 9.82. The van der Waals surface area contributed by atoms with E-state index in [2.05, 4.69) is 44.2 Å². The van der Waals surface area contributed by atoms with Gasteiger partial charge in [0.2, 0.25) is 35.4 Å². The van der Waals surface area contributed by atoms with Gasteiger partial charge in [0.15, 0.2) is 18.4 Å². The number of hydrogen-bond acceptors (Lipinski definition) is 16. The van der Waals surface area contributed by atoms with Crippen LogP contribution in [-0.2, 0) is 58.5 Å².